The average molecular weight is 249 g/mol. The minimum Gasteiger partial charge on any atom is -0.480 e. The second-order valence-corrected chi connectivity index (χ2v) is 5.09. The number of carboxylic acids is 1. The fourth-order valence-electron chi connectivity index (χ4n) is 1.99. The van der Waals surface area contributed by atoms with Crippen molar-refractivity contribution in [1.29, 1.82) is 0 Å². The fourth-order valence-corrected chi connectivity index (χ4v) is 1.99. The van der Waals surface area contributed by atoms with Crippen molar-refractivity contribution in [3.05, 3.63) is 29.8 Å². The van der Waals surface area contributed by atoms with Crippen molar-refractivity contribution < 1.29 is 9.90 Å². The molecule has 0 fully saturated rings. The smallest absolute Gasteiger partial charge is 0.329 e. The molecule has 0 amide bonds. The highest BCUT2D eigenvalue weighted by atomic mass is 16.4. The SMILES string of the molecule is CCCCCC(C)(Nc1cccc(C)c1)C(=O)O. The van der Waals surface area contributed by atoms with Crippen LogP contribution in [0.1, 0.15) is 45.1 Å². The van der Waals surface area contributed by atoms with Crippen LogP contribution < -0.4 is 5.32 Å². The zero-order valence-electron chi connectivity index (χ0n) is 11.5. The average Bonchev–Trinajstić information content (AvgIpc) is 2.29. The van der Waals surface area contributed by atoms with E-state index in [1.807, 2.05) is 31.2 Å². The van der Waals surface area contributed by atoms with Gasteiger partial charge in [-0.1, -0.05) is 38.3 Å². The van der Waals surface area contributed by atoms with Crippen LogP contribution in [0.3, 0.4) is 0 Å². The standard InChI is InChI=1S/C15H23NO2/c1-4-5-6-10-15(3,14(17)18)16-13-9-7-8-12(2)11-13/h7-9,11,16H,4-6,10H2,1-3H3,(H,17,18). The van der Waals surface area contributed by atoms with Crippen LogP contribution in [-0.4, -0.2) is 16.6 Å². The van der Waals surface area contributed by atoms with Crippen LogP contribution in [-0.2, 0) is 4.79 Å². The van der Waals surface area contributed by atoms with Gasteiger partial charge in [0.15, 0.2) is 0 Å². The summed E-state index contributed by atoms with van der Waals surface area (Å²) in [7, 11) is 0. The van der Waals surface area contributed by atoms with E-state index in [0.29, 0.717) is 6.42 Å². The third-order valence-corrected chi connectivity index (χ3v) is 3.19. The first-order valence-corrected chi connectivity index (χ1v) is 6.56. The Morgan fingerprint density at radius 1 is 1.39 bits per heavy atom. The summed E-state index contributed by atoms with van der Waals surface area (Å²) in [5.41, 5.74) is 1.11. The van der Waals surface area contributed by atoms with Crippen LogP contribution in [0.4, 0.5) is 5.69 Å². The van der Waals surface area contributed by atoms with Gasteiger partial charge >= 0.3 is 5.97 Å². The monoisotopic (exact) mass is 249 g/mol. The van der Waals surface area contributed by atoms with E-state index in [2.05, 4.69) is 12.2 Å². The molecule has 0 aliphatic heterocycles. The van der Waals surface area contributed by atoms with Gasteiger partial charge in [0.05, 0.1) is 0 Å². The molecule has 2 N–H and O–H groups in total. The van der Waals surface area contributed by atoms with Gasteiger partial charge in [0, 0.05) is 5.69 Å². The van der Waals surface area contributed by atoms with E-state index >= 15 is 0 Å². The van der Waals surface area contributed by atoms with E-state index in [1.165, 1.54) is 0 Å². The van der Waals surface area contributed by atoms with Crippen LogP contribution >= 0.6 is 0 Å². The zero-order valence-corrected chi connectivity index (χ0v) is 11.5. The van der Waals surface area contributed by atoms with E-state index in [4.69, 9.17) is 0 Å². The lowest BCUT2D eigenvalue weighted by molar-refractivity contribution is -0.142. The molecule has 0 bridgehead atoms. The van der Waals surface area contributed by atoms with Crippen LogP contribution in [0, 0.1) is 6.92 Å². The van der Waals surface area contributed by atoms with E-state index in [9.17, 15) is 9.90 Å². The molecule has 1 aromatic rings. The molecule has 0 spiro atoms. The number of hydrogen-bond donors (Lipinski definition) is 2. The van der Waals surface area contributed by atoms with Crippen molar-refractivity contribution in [1.82, 2.24) is 0 Å². The van der Waals surface area contributed by atoms with Gasteiger partial charge in [0.25, 0.3) is 0 Å². The normalized spacial score (nSPS) is 13.9. The van der Waals surface area contributed by atoms with Crippen LogP contribution in [0.5, 0.6) is 0 Å². The molecule has 18 heavy (non-hydrogen) atoms. The zero-order chi connectivity index (χ0) is 13.6. The van der Waals surface area contributed by atoms with Crippen LogP contribution in [0.25, 0.3) is 0 Å². The molecule has 0 heterocycles. The molecule has 0 aliphatic carbocycles. The van der Waals surface area contributed by atoms with Crippen molar-refractivity contribution >= 4 is 11.7 Å². The number of carbonyl (C=O) groups is 1. The van der Waals surface area contributed by atoms with Gasteiger partial charge in [-0.05, 0) is 38.0 Å². The third-order valence-electron chi connectivity index (χ3n) is 3.19. The number of rotatable bonds is 7. The Labute approximate surface area is 109 Å². The summed E-state index contributed by atoms with van der Waals surface area (Å²) < 4.78 is 0. The van der Waals surface area contributed by atoms with Gasteiger partial charge in [0.1, 0.15) is 5.54 Å². The molecule has 1 unspecified atom stereocenters. The van der Waals surface area contributed by atoms with Gasteiger partial charge in [-0.3, -0.25) is 0 Å². The lowest BCUT2D eigenvalue weighted by Gasteiger charge is -2.27. The number of nitrogens with one attached hydrogen (secondary N) is 1. The molecule has 3 nitrogen and oxygen atoms in total. The highest BCUT2D eigenvalue weighted by molar-refractivity contribution is 5.82. The molecule has 0 saturated heterocycles. The quantitative estimate of drug-likeness (QED) is 0.722. The first kappa shape index (κ1) is 14.6. The summed E-state index contributed by atoms with van der Waals surface area (Å²) in [4.78, 5) is 11.4. The third kappa shape index (κ3) is 4.06. The highest BCUT2D eigenvalue weighted by Crippen LogP contribution is 2.22. The predicted molar refractivity (Wildman–Crippen MR) is 75.0 cm³/mol. The lowest BCUT2D eigenvalue weighted by atomic mass is 9.94. The largest absolute Gasteiger partial charge is 0.480 e. The van der Waals surface area contributed by atoms with E-state index in [1.54, 1.807) is 6.92 Å². The van der Waals surface area contributed by atoms with Gasteiger partial charge in [-0.15, -0.1) is 0 Å². The summed E-state index contributed by atoms with van der Waals surface area (Å²) in [6, 6.07) is 7.82. The maximum absolute atomic E-state index is 11.4. The van der Waals surface area contributed by atoms with E-state index in [-0.39, 0.29) is 0 Å². The number of unbranched alkanes of at least 4 members (excludes halogenated alkanes) is 2. The van der Waals surface area contributed by atoms with Gasteiger partial charge in [-0.25, -0.2) is 4.79 Å². The van der Waals surface area contributed by atoms with E-state index in [0.717, 1.165) is 30.5 Å². The lowest BCUT2D eigenvalue weighted by Crippen LogP contribution is -2.43. The molecule has 1 aromatic carbocycles. The van der Waals surface area contributed by atoms with Crippen LogP contribution in [0.15, 0.2) is 24.3 Å². The molecular formula is C15H23NO2. The first-order valence-electron chi connectivity index (χ1n) is 6.56. The topological polar surface area (TPSA) is 49.3 Å². The van der Waals surface area contributed by atoms with Crippen molar-refractivity contribution in [3.8, 4) is 0 Å². The second kappa shape index (κ2) is 6.43. The van der Waals surface area contributed by atoms with Crippen molar-refractivity contribution in [2.75, 3.05) is 5.32 Å². The summed E-state index contributed by atoms with van der Waals surface area (Å²) in [6.07, 6.45) is 3.74. The molecular weight excluding hydrogens is 226 g/mol. The maximum atomic E-state index is 11.4. The van der Waals surface area contributed by atoms with Crippen molar-refractivity contribution in [3.63, 3.8) is 0 Å². The summed E-state index contributed by atoms with van der Waals surface area (Å²) in [6.45, 7) is 5.87. The molecule has 0 saturated carbocycles. The van der Waals surface area contributed by atoms with Gasteiger partial charge in [-0.2, -0.15) is 0 Å². The summed E-state index contributed by atoms with van der Waals surface area (Å²) in [5, 5.41) is 12.6. The van der Waals surface area contributed by atoms with Crippen LogP contribution in [0.2, 0.25) is 0 Å². The first-order chi connectivity index (χ1) is 8.48. The number of hydrogen-bond acceptors (Lipinski definition) is 2. The summed E-state index contributed by atoms with van der Waals surface area (Å²) in [5.74, 6) is -0.792. The van der Waals surface area contributed by atoms with Gasteiger partial charge < -0.3 is 10.4 Å². The molecule has 1 rings (SSSR count). The van der Waals surface area contributed by atoms with Crippen molar-refractivity contribution in [2.45, 2.75) is 52.0 Å². The Hall–Kier alpha value is -1.51. The molecule has 1 atom stereocenters. The van der Waals surface area contributed by atoms with E-state index < -0.39 is 11.5 Å². The Bertz CT molecular complexity index is 403. The molecule has 100 valence electrons. The Balaban J connectivity index is 2.76. The predicted octanol–water partition coefficient (Wildman–Crippen LogP) is 3.83. The minimum absolute atomic E-state index is 0.643. The Morgan fingerprint density at radius 3 is 2.67 bits per heavy atom. The second-order valence-electron chi connectivity index (χ2n) is 5.09. The summed E-state index contributed by atoms with van der Waals surface area (Å²) >= 11 is 0. The molecule has 0 radical (unpaired) electrons. The number of anilines is 1. The minimum atomic E-state index is -0.886. The fraction of sp³-hybridized carbons (Fsp3) is 0.533. The van der Waals surface area contributed by atoms with Crippen molar-refractivity contribution in [2.24, 2.45) is 0 Å². The Kier molecular flexibility index (Phi) is 5.20. The number of aliphatic carboxylic acids is 1. The highest BCUT2D eigenvalue weighted by Gasteiger charge is 2.32. The molecule has 3 heteroatoms. The molecule has 0 aliphatic rings. The number of carboxylic acid groups (broad SMARTS) is 1. The van der Waals surface area contributed by atoms with Gasteiger partial charge in [0.2, 0.25) is 0 Å². The maximum Gasteiger partial charge on any atom is 0.329 e. The molecule has 0 aromatic heterocycles. The number of benzene rings is 1. The number of aryl methyl sites for hydroxylation is 1. The Morgan fingerprint density at radius 2 is 2.11 bits per heavy atom.